The molecule has 9 nitrogen and oxygen atoms in total. The fourth-order valence-corrected chi connectivity index (χ4v) is 10.6. The van der Waals surface area contributed by atoms with Gasteiger partial charge in [0, 0.05) is 49.6 Å². The molecule has 278 valence electrons. The van der Waals surface area contributed by atoms with Crippen LogP contribution in [0.5, 0.6) is 0 Å². The standard InChI is InChI=1S/C35H43F6NO8/c1-6-15-42(16-20-24-9-7-18(2)22-11-13-30(4)45-28(32(22,24)49-47-30)43-26(20)34(36,37)38)17-21-25-10-8-19(3)23-12-14-31(5)46-29(33(23,25)50-48-31)44-27(21)35(39,40)41/h1,18-19,22-25,28-29H,7-17H2,2-5H3/t18-,19-,22+,23+,24+,25+,28-,29-,30-,31-,32-,33-/m1/s1. The largest absolute Gasteiger partial charge is 0.456 e. The van der Waals surface area contributed by atoms with E-state index in [9.17, 15) is 26.3 Å². The molecule has 8 aliphatic heterocycles. The van der Waals surface area contributed by atoms with Crippen LogP contribution in [0.15, 0.2) is 22.7 Å². The van der Waals surface area contributed by atoms with Crippen molar-refractivity contribution in [3.63, 3.8) is 0 Å². The monoisotopic (exact) mass is 719 g/mol. The molecule has 0 N–H and O–H groups in total. The molecule has 50 heavy (non-hydrogen) atoms. The lowest BCUT2D eigenvalue weighted by atomic mass is 9.59. The van der Waals surface area contributed by atoms with Crippen molar-refractivity contribution in [3.8, 4) is 12.3 Å². The zero-order valence-corrected chi connectivity index (χ0v) is 28.5. The van der Waals surface area contributed by atoms with Crippen molar-refractivity contribution in [2.45, 2.75) is 127 Å². The molecule has 4 bridgehead atoms. The Balaban J connectivity index is 1.21. The molecule has 10 aliphatic rings. The van der Waals surface area contributed by atoms with Gasteiger partial charge >= 0.3 is 12.4 Å². The topological polar surface area (TPSA) is 77.1 Å². The average molecular weight is 720 g/mol. The van der Waals surface area contributed by atoms with Gasteiger partial charge in [0.2, 0.25) is 35.7 Å². The Morgan fingerprint density at radius 3 is 1.48 bits per heavy atom. The van der Waals surface area contributed by atoms with Crippen molar-refractivity contribution in [3.05, 3.63) is 22.7 Å². The van der Waals surface area contributed by atoms with Crippen molar-refractivity contribution < 1.29 is 64.8 Å². The van der Waals surface area contributed by atoms with Crippen LogP contribution in [0.3, 0.4) is 0 Å². The van der Waals surface area contributed by atoms with Gasteiger partial charge in [0.1, 0.15) is 0 Å². The van der Waals surface area contributed by atoms with Crippen molar-refractivity contribution in [2.24, 2.45) is 35.5 Å². The molecule has 0 aromatic carbocycles. The minimum atomic E-state index is -4.94. The molecule has 0 amide bonds. The first-order valence-corrected chi connectivity index (χ1v) is 17.6. The third-order valence-corrected chi connectivity index (χ3v) is 12.9. The molecule has 8 fully saturated rings. The lowest BCUT2D eigenvalue weighted by Crippen LogP contribution is -2.68. The zero-order valence-electron chi connectivity index (χ0n) is 28.5. The fourth-order valence-electron chi connectivity index (χ4n) is 10.6. The van der Waals surface area contributed by atoms with E-state index < -0.39 is 84.2 Å². The number of fused-ring (bicyclic) bond motifs is 4. The van der Waals surface area contributed by atoms with Gasteiger partial charge in [0.15, 0.2) is 11.2 Å². The third-order valence-electron chi connectivity index (χ3n) is 12.9. The molecule has 2 aliphatic carbocycles. The number of rotatable bonds is 5. The summed E-state index contributed by atoms with van der Waals surface area (Å²) in [5.41, 5.74) is -3.08. The van der Waals surface area contributed by atoms with E-state index in [0.717, 1.165) is 0 Å². The molecule has 0 aromatic rings. The predicted octanol–water partition coefficient (Wildman–Crippen LogP) is 7.05. The predicted molar refractivity (Wildman–Crippen MR) is 159 cm³/mol. The number of alkyl halides is 6. The van der Waals surface area contributed by atoms with E-state index >= 15 is 0 Å². The van der Waals surface area contributed by atoms with Gasteiger partial charge in [-0.3, -0.25) is 4.90 Å². The van der Waals surface area contributed by atoms with E-state index in [-0.39, 0.29) is 41.4 Å². The molecule has 6 saturated heterocycles. The summed E-state index contributed by atoms with van der Waals surface area (Å²) < 4.78 is 114. The van der Waals surface area contributed by atoms with E-state index in [1.807, 2.05) is 13.8 Å². The van der Waals surface area contributed by atoms with Crippen molar-refractivity contribution in [2.75, 3.05) is 19.6 Å². The van der Waals surface area contributed by atoms with Gasteiger partial charge in [-0.05, 0) is 75.4 Å². The third kappa shape index (κ3) is 5.10. The Labute approximate surface area is 286 Å². The molecule has 2 saturated carbocycles. The van der Waals surface area contributed by atoms with Gasteiger partial charge in [-0.15, -0.1) is 6.42 Å². The van der Waals surface area contributed by atoms with E-state index in [0.29, 0.717) is 51.4 Å². The van der Waals surface area contributed by atoms with Crippen molar-refractivity contribution in [1.82, 2.24) is 4.90 Å². The average Bonchev–Trinajstić information content (AvgIpc) is 3.40. The molecular weight excluding hydrogens is 676 g/mol. The Morgan fingerprint density at radius 1 is 0.680 bits per heavy atom. The van der Waals surface area contributed by atoms with Gasteiger partial charge < -0.3 is 18.9 Å². The van der Waals surface area contributed by atoms with Gasteiger partial charge in [0.05, 0.1) is 6.54 Å². The highest BCUT2D eigenvalue weighted by Crippen LogP contribution is 2.63. The smallest absolute Gasteiger partial charge is 0.449 e. The first-order valence-electron chi connectivity index (χ1n) is 17.6. The summed E-state index contributed by atoms with van der Waals surface area (Å²) in [6, 6.07) is 0. The van der Waals surface area contributed by atoms with Gasteiger partial charge in [-0.2, -0.15) is 26.3 Å². The molecule has 0 aromatic heterocycles. The second-order valence-electron chi connectivity index (χ2n) is 16.0. The maximum absolute atomic E-state index is 15.0. The highest BCUT2D eigenvalue weighted by Gasteiger charge is 2.72. The minimum absolute atomic E-state index is 0.0644. The van der Waals surface area contributed by atoms with E-state index in [4.69, 9.17) is 44.9 Å². The molecule has 0 radical (unpaired) electrons. The second-order valence-corrected chi connectivity index (χ2v) is 16.0. The van der Waals surface area contributed by atoms with E-state index in [1.165, 1.54) is 4.90 Å². The SMILES string of the molecule is C#CCN(CC1=C(C(F)(F)F)O[C@@H]2O[C@@]3(C)CC[C@H]4[C@H](C)CC[C@@H]1[C@@]24OO3)CC1=C(C(F)(F)F)O[C@@H]2O[C@@]3(C)CC[C@H]4[C@H](C)CC[C@@H]1[C@@]24OO3. The number of allylic oxidation sites excluding steroid dienone is 2. The summed E-state index contributed by atoms with van der Waals surface area (Å²) >= 11 is 0. The van der Waals surface area contributed by atoms with Crippen LogP contribution in [0, 0.1) is 47.9 Å². The second kappa shape index (κ2) is 11.5. The quantitative estimate of drug-likeness (QED) is 0.169. The van der Waals surface area contributed by atoms with Crippen LogP contribution in [0.25, 0.3) is 0 Å². The number of hydrogen-bond acceptors (Lipinski definition) is 9. The van der Waals surface area contributed by atoms with Crippen LogP contribution in [-0.2, 0) is 38.5 Å². The summed E-state index contributed by atoms with van der Waals surface area (Å²) in [4.78, 5) is 25.1. The maximum atomic E-state index is 15.0. The highest BCUT2D eigenvalue weighted by atomic mass is 19.4. The van der Waals surface area contributed by atoms with Crippen LogP contribution in [0.1, 0.15) is 79.1 Å². The molecule has 12 atom stereocenters. The summed E-state index contributed by atoms with van der Waals surface area (Å²) in [6.07, 6.45) is -3.16. The number of ether oxygens (including phenoxy) is 4. The number of halogens is 6. The van der Waals surface area contributed by atoms with E-state index in [1.54, 1.807) is 13.8 Å². The lowest BCUT2D eigenvalue weighted by Gasteiger charge is -2.58. The normalized spacial score (nSPS) is 46.8. The Kier molecular flexibility index (Phi) is 8.03. The summed E-state index contributed by atoms with van der Waals surface area (Å²) in [7, 11) is 0. The number of nitrogens with zero attached hydrogens (tertiary/aromatic N) is 1. The molecular formula is C35H43F6NO8. The first-order chi connectivity index (χ1) is 23.4. The Bertz CT molecular complexity index is 1410. The van der Waals surface area contributed by atoms with Crippen LogP contribution in [-0.4, -0.2) is 72.2 Å². The molecule has 0 unspecified atom stereocenters. The molecule has 8 heterocycles. The van der Waals surface area contributed by atoms with Crippen LogP contribution < -0.4 is 0 Å². The molecule has 2 spiro atoms. The first kappa shape index (κ1) is 35.0. The zero-order chi connectivity index (χ0) is 35.6. The van der Waals surface area contributed by atoms with Crippen LogP contribution >= 0.6 is 0 Å². The Hall–Kier alpha value is -2.06. The highest BCUT2D eigenvalue weighted by molar-refractivity contribution is 5.32. The van der Waals surface area contributed by atoms with Crippen molar-refractivity contribution in [1.29, 1.82) is 0 Å². The van der Waals surface area contributed by atoms with Gasteiger partial charge in [-0.25, -0.2) is 19.6 Å². The maximum Gasteiger partial charge on any atom is 0.449 e. The van der Waals surface area contributed by atoms with Crippen molar-refractivity contribution >= 4 is 0 Å². The van der Waals surface area contributed by atoms with Gasteiger partial charge in [-0.1, -0.05) is 19.8 Å². The minimum Gasteiger partial charge on any atom is -0.456 e. The number of hydrogen-bond donors (Lipinski definition) is 0. The van der Waals surface area contributed by atoms with Crippen LogP contribution in [0.4, 0.5) is 26.3 Å². The fraction of sp³-hybridized carbons (Fsp3) is 0.829. The van der Waals surface area contributed by atoms with Crippen LogP contribution in [0.2, 0.25) is 0 Å². The summed E-state index contributed by atoms with van der Waals surface area (Å²) in [6.45, 7) is 6.14. The van der Waals surface area contributed by atoms with Gasteiger partial charge in [0.25, 0.3) is 0 Å². The van der Waals surface area contributed by atoms with E-state index in [2.05, 4.69) is 5.92 Å². The number of terminal acetylenes is 1. The lowest BCUT2D eigenvalue weighted by molar-refractivity contribution is -0.558. The molecule has 10 rings (SSSR count). The molecule has 15 heteroatoms. The Morgan fingerprint density at radius 2 is 1.10 bits per heavy atom. The summed E-state index contributed by atoms with van der Waals surface area (Å²) in [5, 5.41) is 0. The summed E-state index contributed by atoms with van der Waals surface area (Å²) in [5.74, 6) is -4.71.